The van der Waals surface area contributed by atoms with Crippen LogP contribution in [0.2, 0.25) is 0 Å². The number of hydrogen-bond donors (Lipinski definition) is 1. The Hall–Kier alpha value is -1.88. The van der Waals surface area contributed by atoms with Gasteiger partial charge in [0.05, 0.1) is 7.11 Å². The predicted molar refractivity (Wildman–Crippen MR) is 83.4 cm³/mol. The maximum atomic E-state index is 12.2. The molecule has 1 aromatic rings. The van der Waals surface area contributed by atoms with Gasteiger partial charge in [-0.1, -0.05) is 0 Å². The van der Waals surface area contributed by atoms with Crippen LogP contribution in [0.4, 0.5) is 0 Å². The number of ketones is 1. The van der Waals surface area contributed by atoms with Crippen molar-refractivity contribution in [1.29, 1.82) is 0 Å². The van der Waals surface area contributed by atoms with Crippen LogP contribution in [0.25, 0.3) is 0 Å². The van der Waals surface area contributed by atoms with E-state index in [1.807, 2.05) is 0 Å². The Kier molecular flexibility index (Phi) is 5.95. The predicted octanol–water partition coefficient (Wildman–Crippen LogP) is 2.60. The smallest absolute Gasteiger partial charge is 0.303 e. The average molecular weight is 305 g/mol. The van der Waals surface area contributed by atoms with Crippen LogP contribution in [0.5, 0.6) is 5.75 Å². The minimum Gasteiger partial charge on any atom is -0.497 e. The molecule has 2 rings (SSSR count). The highest BCUT2D eigenvalue weighted by atomic mass is 16.5. The van der Waals surface area contributed by atoms with Crippen molar-refractivity contribution >= 4 is 11.8 Å². The summed E-state index contributed by atoms with van der Waals surface area (Å²) in [6.07, 6.45) is 3.46. The lowest BCUT2D eigenvalue weighted by Crippen LogP contribution is -2.32. The van der Waals surface area contributed by atoms with E-state index >= 15 is 0 Å². The second kappa shape index (κ2) is 7.94. The third-order valence-corrected chi connectivity index (χ3v) is 4.23. The first-order chi connectivity index (χ1) is 10.6. The molecule has 1 heterocycles. The zero-order chi connectivity index (χ0) is 15.9. The van der Waals surface area contributed by atoms with E-state index in [9.17, 15) is 9.59 Å². The fourth-order valence-electron chi connectivity index (χ4n) is 2.97. The Morgan fingerprint density at radius 3 is 2.64 bits per heavy atom. The van der Waals surface area contributed by atoms with E-state index in [-0.39, 0.29) is 12.2 Å². The van der Waals surface area contributed by atoms with E-state index in [0.717, 1.165) is 25.1 Å². The van der Waals surface area contributed by atoms with Gasteiger partial charge in [0, 0.05) is 31.0 Å². The summed E-state index contributed by atoms with van der Waals surface area (Å²) in [5, 5.41) is 8.79. The van der Waals surface area contributed by atoms with E-state index in [2.05, 4.69) is 4.90 Å². The molecule has 1 fully saturated rings. The standard InChI is InChI=1S/C17H23NO4/c1-22-15-7-4-13(5-8-15)16(19)10-12-18-11-2-3-14(18)6-9-17(20)21/h4-5,7-8,14H,2-3,6,9-12H2,1H3,(H,20,21). The summed E-state index contributed by atoms with van der Waals surface area (Å²) in [5.41, 5.74) is 0.696. The molecule has 0 amide bonds. The quantitative estimate of drug-likeness (QED) is 0.748. The van der Waals surface area contributed by atoms with Gasteiger partial charge in [-0.2, -0.15) is 0 Å². The lowest BCUT2D eigenvalue weighted by atomic mass is 10.1. The number of nitrogens with zero attached hydrogens (tertiary/aromatic N) is 1. The van der Waals surface area contributed by atoms with Crippen molar-refractivity contribution in [2.45, 2.75) is 38.1 Å². The molecule has 5 heteroatoms. The van der Waals surface area contributed by atoms with E-state index in [4.69, 9.17) is 9.84 Å². The molecule has 0 radical (unpaired) electrons. The Balaban J connectivity index is 1.82. The van der Waals surface area contributed by atoms with E-state index in [1.165, 1.54) is 0 Å². The monoisotopic (exact) mass is 305 g/mol. The van der Waals surface area contributed by atoms with Gasteiger partial charge >= 0.3 is 5.97 Å². The van der Waals surface area contributed by atoms with Crippen LogP contribution in [0.3, 0.4) is 0 Å². The summed E-state index contributed by atoms with van der Waals surface area (Å²) < 4.78 is 5.08. The van der Waals surface area contributed by atoms with Crippen LogP contribution in [-0.2, 0) is 4.79 Å². The zero-order valence-corrected chi connectivity index (χ0v) is 13.0. The highest BCUT2D eigenvalue weighted by molar-refractivity contribution is 5.96. The van der Waals surface area contributed by atoms with Crippen molar-refractivity contribution < 1.29 is 19.4 Å². The van der Waals surface area contributed by atoms with Gasteiger partial charge in [-0.3, -0.25) is 14.5 Å². The molecule has 1 aromatic carbocycles. The molecule has 0 aliphatic carbocycles. The molecule has 1 saturated heterocycles. The van der Waals surface area contributed by atoms with E-state index in [0.29, 0.717) is 31.0 Å². The molecule has 1 N–H and O–H groups in total. The molecule has 1 atom stereocenters. The molecule has 1 aliphatic heterocycles. The number of carbonyl (C=O) groups is 2. The Bertz CT molecular complexity index is 512. The number of hydrogen-bond acceptors (Lipinski definition) is 4. The van der Waals surface area contributed by atoms with Crippen LogP contribution in [0.1, 0.15) is 42.5 Å². The second-order valence-corrected chi connectivity index (χ2v) is 5.67. The first kappa shape index (κ1) is 16.5. The normalized spacial score (nSPS) is 18.3. The van der Waals surface area contributed by atoms with Gasteiger partial charge in [0.2, 0.25) is 0 Å². The first-order valence-electron chi connectivity index (χ1n) is 7.73. The lowest BCUT2D eigenvalue weighted by Gasteiger charge is -2.23. The summed E-state index contributed by atoms with van der Waals surface area (Å²) in [6, 6.07) is 7.46. The minimum absolute atomic E-state index is 0.117. The third-order valence-electron chi connectivity index (χ3n) is 4.23. The molecule has 0 aromatic heterocycles. The molecule has 0 spiro atoms. The summed E-state index contributed by atoms with van der Waals surface area (Å²) in [4.78, 5) is 25.1. The van der Waals surface area contributed by atoms with Crippen molar-refractivity contribution in [3.63, 3.8) is 0 Å². The third kappa shape index (κ3) is 4.56. The van der Waals surface area contributed by atoms with Crippen LogP contribution in [0.15, 0.2) is 24.3 Å². The number of likely N-dealkylation sites (tertiary alicyclic amines) is 1. The fraction of sp³-hybridized carbons (Fsp3) is 0.529. The first-order valence-corrected chi connectivity index (χ1v) is 7.73. The number of aliphatic carboxylic acids is 1. The Morgan fingerprint density at radius 2 is 2.00 bits per heavy atom. The maximum Gasteiger partial charge on any atom is 0.303 e. The summed E-state index contributed by atoms with van der Waals surface area (Å²) in [6.45, 7) is 1.66. The molecule has 0 bridgehead atoms. The maximum absolute atomic E-state index is 12.2. The molecule has 1 aliphatic rings. The van der Waals surface area contributed by atoms with Crippen LogP contribution >= 0.6 is 0 Å². The van der Waals surface area contributed by atoms with Crippen LogP contribution < -0.4 is 4.74 Å². The highest BCUT2D eigenvalue weighted by Crippen LogP contribution is 2.22. The SMILES string of the molecule is COc1ccc(C(=O)CCN2CCCC2CCC(=O)O)cc1. The van der Waals surface area contributed by atoms with Gasteiger partial charge in [0.25, 0.3) is 0 Å². The molecular weight excluding hydrogens is 282 g/mol. The number of benzene rings is 1. The topological polar surface area (TPSA) is 66.8 Å². The molecule has 1 unspecified atom stereocenters. The number of carboxylic acid groups (broad SMARTS) is 1. The number of carbonyl (C=O) groups excluding carboxylic acids is 1. The van der Waals surface area contributed by atoms with Crippen molar-refractivity contribution in [2.75, 3.05) is 20.2 Å². The fourth-order valence-corrected chi connectivity index (χ4v) is 2.97. The molecule has 5 nitrogen and oxygen atoms in total. The number of ether oxygens (including phenoxy) is 1. The number of rotatable bonds is 8. The van der Waals surface area contributed by atoms with Crippen molar-refractivity contribution in [3.05, 3.63) is 29.8 Å². The summed E-state index contributed by atoms with van der Waals surface area (Å²) >= 11 is 0. The van der Waals surface area contributed by atoms with Crippen molar-refractivity contribution in [3.8, 4) is 5.75 Å². The largest absolute Gasteiger partial charge is 0.497 e. The number of methoxy groups -OCH3 is 1. The van der Waals surface area contributed by atoms with Crippen LogP contribution in [0, 0.1) is 0 Å². The molecular formula is C17H23NO4. The average Bonchev–Trinajstić information content (AvgIpc) is 2.98. The van der Waals surface area contributed by atoms with Gasteiger partial charge in [0.1, 0.15) is 5.75 Å². The molecule has 0 saturated carbocycles. The summed E-state index contributed by atoms with van der Waals surface area (Å²) in [5.74, 6) is 0.109. The van der Waals surface area contributed by atoms with E-state index in [1.54, 1.807) is 31.4 Å². The minimum atomic E-state index is -0.749. The van der Waals surface area contributed by atoms with Gasteiger partial charge in [-0.05, 0) is 50.1 Å². The summed E-state index contributed by atoms with van der Waals surface area (Å²) in [7, 11) is 1.60. The number of carboxylic acids is 1. The van der Waals surface area contributed by atoms with Crippen molar-refractivity contribution in [1.82, 2.24) is 4.90 Å². The molecule has 120 valence electrons. The highest BCUT2D eigenvalue weighted by Gasteiger charge is 2.25. The lowest BCUT2D eigenvalue weighted by molar-refractivity contribution is -0.137. The van der Waals surface area contributed by atoms with Gasteiger partial charge < -0.3 is 9.84 Å². The zero-order valence-electron chi connectivity index (χ0n) is 13.0. The Labute approximate surface area is 130 Å². The molecule has 22 heavy (non-hydrogen) atoms. The van der Waals surface area contributed by atoms with Crippen LogP contribution in [-0.4, -0.2) is 48.0 Å². The number of Topliss-reactive ketones (excluding diaryl/α,β-unsaturated/α-hetero) is 1. The van der Waals surface area contributed by atoms with Gasteiger partial charge in [0.15, 0.2) is 5.78 Å². The Morgan fingerprint density at radius 1 is 1.27 bits per heavy atom. The van der Waals surface area contributed by atoms with Gasteiger partial charge in [-0.15, -0.1) is 0 Å². The van der Waals surface area contributed by atoms with Gasteiger partial charge in [-0.25, -0.2) is 0 Å². The second-order valence-electron chi connectivity index (χ2n) is 5.67. The van der Waals surface area contributed by atoms with E-state index < -0.39 is 5.97 Å². The van der Waals surface area contributed by atoms with Crippen molar-refractivity contribution in [2.24, 2.45) is 0 Å².